The first-order valence-electron chi connectivity index (χ1n) is 5.43. The molecule has 0 fully saturated rings. The molecule has 0 unspecified atom stereocenters. The second-order valence-electron chi connectivity index (χ2n) is 4.45. The Kier molecular flexibility index (Phi) is 4.54. The van der Waals surface area contributed by atoms with Gasteiger partial charge in [0.15, 0.2) is 0 Å². The lowest BCUT2D eigenvalue weighted by Crippen LogP contribution is -2.24. The van der Waals surface area contributed by atoms with Gasteiger partial charge in [0, 0.05) is 24.9 Å². The molecule has 0 saturated heterocycles. The van der Waals surface area contributed by atoms with Crippen molar-refractivity contribution in [3.63, 3.8) is 0 Å². The van der Waals surface area contributed by atoms with Crippen LogP contribution in [0.3, 0.4) is 0 Å². The molecule has 0 bridgehead atoms. The number of para-hydroxylation sites is 1. The fraction of sp³-hybridized carbons (Fsp3) is 0.500. The highest BCUT2D eigenvalue weighted by molar-refractivity contribution is 7.90. The molecule has 1 rings (SSSR count). The molecule has 1 N–H and O–H groups in total. The third kappa shape index (κ3) is 4.75. The van der Waals surface area contributed by atoms with Gasteiger partial charge in [-0.25, -0.2) is 8.42 Å². The van der Waals surface area contributed by atoms with E-state index in [4.69, 9.17) is 0 Å². The number of rotatable bonds is 5. The molecule has 1 aromatic carbocycles. The summed E-state index contributed by atoms with van der Waals surface area (Å²) in [4.78, 5) is 1.88. The zero-order chi connectivity index (χ0) is 13.1. The maximum Gasteiger partial charge on any atom is 0.148 e. The van der Waals surface area contributed by atoms with Crippen LogP contribution in [0.15, 0.2) is 18.2 Å². The Bertz CT molecular complexity index is 483. The minimum absolute atomic E-state index is 0.135. The van der Waals surface area contributed by atoms with Gasteiger partial charge in [-0.2, -0.15) is 0 Å². The van der Waals surface area contributed by atoms with E-state index in [1.807, 2.05) is 37.1 Å². The first-order chi connectivity index (χ1) is 7.79. The van der Waals surface area contributed by atoms with Crippen LogP contribution in [-0.2, 0) is 16.4 Å². The van der Waals surface area contributed by atoms with Gasteiger partial charge in [-0.15, -0.1) is 0 Å². The molecule has 5 heteroatoms. The molecule has 0 aliphatic heterocycles. The van der Waals surface area contributed by atoms with Gasteiger partial charge in [-0.05, 0) is 19.5 Å². The number of sulfone groups is 1. The van der Waals surface area contributed by atoms with E-state index in [1.165, 1.54) is 6.26 Å². The molecule has 0 spiro atoms. The topological polar surface area (TPSA) is 57.6 Å². The third-order valence-corrected chi connectivity index (χ3v) is 3.53. The lowest BCUT2D eigenvalue weighted by atomic mass is 10.1. The van der Waals surface area contributed by atoms with Crippen molar-refractivity contribution in [1.29, 1.82) is 0 Å². The number of phenols is 1. The largest absolute Gasteiger partial charge is 0.507 e. The smallest absolute Gasteiger partial charge is 0.148 e. The van der Waals surface area contributed by atoms with Crippen molar-refractivity contribution < 1.29 is 13.5 Å². The lowest BCUT2D eigenvalue weighted by molar-refractivity contribution is 0.337. The summed E-state index contributed by atoms with van der Waals surface area (Å²) < 4.78 is 22.1. The molecular weight excluding hydrogens is 238 g/mol. The predicted octanol–water partition coefficient (Wildman–Crippen LogP) is 1.18. The first kappa shape index (κ1) is 14.0. The van der Waals surface area contributed by atoms with E-state index in [9.17, 15) is 13.5 Å². The van der Waals surface area contributed by atoms with Crippen molar-refractivity contribution in [2.45, 2.75) is 13.5 Å². The molecule has 0 amide bonds. The minimum Gasteiger partial charge on any atom is -0.507 e. The van der Waals surface area contributed by atoms with Crippen molar-refractivity contribution >= 4 is 9.84 Å². The molecule has 96 valence electrons. The van der Waals surface area contributed by atoms with Crippen LogP contribution in [0.5, 0.6) is 5.75 Å². The SMILES string of the molecule is Cc1cccc(CN(C)CCS(C)(=O)=O)c1O. The average Bonchev–Trinajstić information content (AvgIpc) is 2.21. The zero-order valence-electron chi connectivity index (χ0n) is 10.5. The van der Waals surface area contributed by atoms with Gasteiger partial charge in [-0.3, -0.25) is 0 Å². The van der Waals surface area contributed by atoms with Crippen molar-refractivity contribution in [2.75, 3.05) is 25.6 Å². The molecule has 0 saturated carbocycles. The average molecular weight is 257 g/mol. The molecule has 0 heterocycles. The summed E-state index contributed by atoms with van der Waals surface area (Å²) >= 11 is 0. The predicted molar refractivity (Wildman–Crippen MR) is 68.9 cm³/mol. The molecule has 1 aromatic rings. The van der Waals surface area contributed by atoms with E-state index in [0.717, 1.165) is 11.1 Å². The van der Waals surface area contributed by atoms with E-state index < -0.39 is 9.84 Å². The molecule has 0 aromatic heterocycles. The second kappa shape index (κ2) is 5.51. The van der Waals surface area contributed by atoms with E-state index in [0.29, 0.717) is 18.8 Å². The summed E-state index contributed by atoms with van der Waals surface area (Å²) in [5, 5.41) is 9.83. The van der Waals surface area contributed by atoms with Crippen LogP contribution in [0.25, 0.3) is 0 Å². The van der Waals surface area contributed by atoms with Gasteiger partial charge in [0.05, 0.1) is 5.75 Å². The van der Waals surface area contributed by atoms with Crippen LogP contribution < -0.4 is 0 Å². The van der Waals surface area contributed by atoms with Gasteiger partial charge in [0.25, 0.3) is 0 Å². The number of nitrogens with zero attached hydrogens (tertiary/aromatic N) is 1. The number of aromatic hydroxyl groups is 1. The Morgan fingerprint density at radius 2 is 2.00 bits per heavy atom. The van der Waals surface area contributed by atoms with E-state index in [1.54, 1.807) is 0 Å². The summed E-state index contributed by atoms with van der Waals surface area (Å²) in [6.07, 6.45) is 1.23. The van der Waals surface area contributed by atoms with E-state index >= 15 is 0 Å². The number of phenolic OH excluding ortho intramolecular Hbond substituents is 1. The van der Waals surface area contributed by atoms with Crippen molar-refractivity contribution in [3.8, 4) is 5.75 Å². The quantitative estimate of drug-likeness (QED) is 0.860. The maximum absolute atomic E-state index is 11.0. The standard InChI is InChI=1S/C12H19NO3S/c1-10-5-4-6-11(12(10)14)9-13(2)7-8-17(3,15)16/h4-6,14H,7-9H2,1-3H3. The number of aryl methyl sites for hydroxylation is 1. The van der Waals surface area contributed by atoms with Crippen LogP contribution in [0.2, 0.25) is 0 Å². The Hall–Kier alpha value is -1.07. The fourth-order valence-electron chi connectivity index (χ4n) is 1.54. The molecule has 0 atom stereocenters. The molecular formula is C12H19NO3S. The van der Waals surface area contributed by atoms with E-state index in [-0.39, 0.29) is 5.75 Å². The van der Waals surface area contributed by atoms with Crippen LogP contribution >= 0.6 is 0 Å². The van der Waals surface area contributed by atoms with Gasteiger partial charge < -0.3 is 10.0 Å². The highest BCUT2D eigenvalue weighted by Crippen LogP contribution is 2.22. The van der Waals surface area contributed by atoms with E-state index in [2.05, 4.69) is 0 Å². The van der Waals surface area contributed by atoms with Gasteiger partial charge in [0.2, 0.25) is 0 Å². The summed E-state index contributed by atoms with van der Waals surface area (Å²) in [5.41, 5.74) is 1.65. The minimum atomic E-state index is -2.93. The molecule has 4 nitrogen and oxygen atoms in total. The highest BCUT2D eigenvalue weighted by Gasteiger charge is 2.09. The van der Waals surface area contributed by atoms with Crippen molar-refractivity contribution in [3.05, 3.63) is 29.3 Å². The maximum atomic E-state index is 11.0. The zero-order valence-corrected chi connectivity index (χ0v) is 11.3. The Balaban J connectivity index is 2.62. The monoisotopic (exact) mass is 257 g/mol. The third-order valence-electron chi connectivity index (χ3n) is 2.61. The molecule has 17 heavy (non-hydrogen) atoms. The number of benzene rings is 1. The molecule has 0 aliphatic rings. The van der Waals surface area contributed by atoms with Gasteiger partial charge >= 0.3 is 0 Å². The van der Waals surface area contributed by atoms with Crippen molar-refractivity contribution in [2.24, 2.45) is 0 Å². The Morgan fingerprint density at radius 3 is 2.59 bits per heavy atom. The van der Waals surface area contributed by atoms with Crippen LogP contribution in [-0.4, -0.2) is 44.0 Å². The lowest BCUT2D eigenvalue weighted by Gasteiger charge is -2.17. The molecule has 0 aliphatic carbocycles. The fourth-order valence-corrected chi connectivity index (χ4v) is 2.18. The number of hydrogen-bond donors (Lipinski definition) is 1. The molecule has 0 radical (unpaired) electrons. The summed E-state index contributed by atoms with van der Waals surface area (Å²) in [6, 6.07) is 5.57. The summed E-state index contributed by atoms with van der Waals surface area (Å²) in [6.45, 7) is 2.85. The summed E-state index contributed by atoms with van der Waals surface area (Å²) in [5.74, 6) is 0.425. The normalized spacial score (nSPS) is 12.0. The van der Waals surface area contributed by atoms with Crippen LogP contribution in [0.1, 0.15) is 11.1 Å². The first-order valence-corrected chi connectivity index (χ1v) is 7.49. The Morgan fingerprint density at radius 1 is 1.35 bits per heavy atom. The second-order valence-corrected chi connectivity index (χ2v) is 6.71. The van der Waals surface area contributed by atoms with Gasteiger partial charge in [-0.1, -0.05) is 18.2 Å². The van der Waals surface area contributed by atoms with Crippen molar-refractivity contribution in [1.82, 2.24) is 4.90 Å². The number of hydrogen-bond acceptors (Lipinski definition) is 4. The van der Waals surface area contributed by atoms with Crippen LogP contribution in [0, 0.1) is 6.92 Å². The highest BCUT2D eigenvalue weighted by atomic mass is 32.2. The van der Waals surface area contributed by atoms with Gasteiger partial charge in [0.1, 0.15) is 15.6 Å². The van der Waals surface area contributed by atoms with Crippen LogP contribution in [0.4, 0.5) is 0 Å². The Labute approximate surface area is 103 Å². The summed E-state index contributed by atoms with van der Waals surface area (Å²) in [7, 11) is -1.09.